The predicted molar refractivity (Wildman–Crippen MR) is 93.6 cm³/mol. The van der Waals surface area contributed by atoms with Crippen LogP contribution in [0.3, 0.4) is 0 Å². The zero-order valence-electron chi connectivity index (χ0n) is 13.9. The van der Waals surface area contributed by atoms with Crippen LogP contribution in [0.2, 0.25) is 0 Å². The fourth-order valence-electron chi connectivity index (χ4n) is 2.85. The fourth-order valence-corrected chi connectivity index (χ4v) is 3.76. The van der Waals surface area contributed by atoms with E-state index in [-0.39, 0.29) is 22.3 Å². The number of sulfone groups is 1. The Hall–Kier alpha value is -2.21. The fraction of sp³-hybridized carbons (Fsp3) is 0.316. The summed E-state index contributed by atoms with van der Waals surface area (Å²) in [5.74, 6) is -1.04. The highest BCUT2D eigenvalue weighted by molar-refractivity contribution is 7.91. The number of nitrogens with one attached hydrogen (secondary N) is 1. The van der Waals surface area contributed by atoms with E-state index < -0.39 is 21.6 Å². The molecular formula is C19H20FNO3S. The summed E-state index contributed by atoms with van der Waals surface area (Å²) in [6.07, 6.45) is 1.70. The third-order valence-electron chi connectivity index (χ3n) is 4.50. The standard InChI is InChI=1S/C19H20FNO3S/c1-2-25(23,24)15-8-9-17(20)16(12-15)19(22)21-18-11-14(18)10-13-6-4-3-5-7-13/h3-9,12,14,18H,2,10-11H2,1H3,(H,21,22). The molecule has 1 aliphatic carbocycles. The average Bonchev–Trinajstić information content (AvgIpc) is 3.33. The van der Waals surface area contributed by atoms with Crippen molar-refractivity contribution in [3.63, 3.8) is 0 Å². The minimum atomic E-state index is -3.48. The Kier molecular flexibility index (Phi) is 4.90. The van der Waals surface area contributed by atoms with Gasteiger partial charge in [0.15, 0.2) is 9.84 Å². The maximum atomic E-state index is 14.0. The molecule has 0 saturated heterocycles. The second-order valence-electron chi connectivity index (χ2n) is 6.31. The minimum absolute atomic E-state index is 0.00135. The molecule has 1 N–H and O–H groups in total. The molecule has 2 aromatic rings. The smallest absolute Gasteiger partial charge is 0.254 e. The molecule has 0 aromatic heterocycles. The third-order valence-corrected chi connectivity index (χ3v) is 6.23. The lowest BCUT2D eigenvalue weighted by atomic mass is 10.1. The summed E-state index contributed by atoms with van der Waals surface area (Å²) in [7, 11) is -3.48. The van der Waals surface area contributed by atoms with Gasteiger partial charge in [-0.25, -0.2) is 12.8 Å². The van der Waals surface area contributed by atoms with Crippen LogP contribution in [0, 0.1) is 11.7 Å². The molecule has 2 aromatic carbocycles. The zero-order valence-corrected chi connectivity index (χ0v) is 14.7. The summed E-state index contributed by atoms with van der Waals surface area (Å²) < 4.78 is 37.8. The SMILES string of the molecule is CCS(=O)(=O)c1ccc(F)c(C(=O)NC2CC2Cc2ccccc2)c1. The van der Waals surface area contributed by atoms with E-state index in [2.05, 4.69) is 5.32 Å². The van der Waals surface area contributed by atoms with E-state index in [0.29, 0.717) is 5.92 Å². The van der Waals surface area contributed by atoms with Gasteiger partial charge in [-0.3, -0.25) is 4.79 Å². The molecule has 1 fully saturated rings. The van der Waals surface area contributed by atoms with Gasteiger partial charge in [-0.1, -0.05) is 37.3 Å². The Morgan fingerprint density at radius 2 is 1.92 bits per heavy atom. The summed E-state index contributed by atoms with van der Waals surface area (Å²) in [6, 6.07) is 13.3. The average molecular weight is 361 g/mol. The molecule has 2 atom stereocenters. The summed E-state index contributed by atoms with van der Waals surface area (Å²) in [5.41, 5.74) is 0.978. The maximum absolute atomic E-state index is 14.0. The normalized spacial score (nSPS) is 19.4. The second-order valence-corrected chi connectivity index (χ2v) is 8.59. The molecule has 132 valence electrons. The highest BCUT2D eigenvalue weighted by Crippen LogP contribution is 2.34. The van der Waals surface area contributed by atoms with Crippen molar-refractivity contribution in [1.82, 2.24) is 5.32 Å². The van der Waals surface area contributed by atoms with E-state index in [9.17, 15) is 17.6 Å². The lowest BCUT2D eigenvalue weighted by Gasteiger charge is -2.08. The molecule has 25 heavy (non-hydrogen) atoms. The van der Waals surface area contributed by atoms with Crippen molar-refractivity contribution in [2.75, 3.05) is 5.75 Å². The third kappa shape index (κ3) is 4.07. The maximum Gasteiger partial charge on any atom is 0.254 e. The Labute approximate surface area is 147 Å². The van der Waals surface area contributed by atoms with Crippen molar-refractivity contribution < 1.29 is 17.6 Å². The molecule has 1 saturated carbocycles. The monoisotopic (exact) mass is 361 g/mol. The molecule has 0 spiro atoms. The van der Waals surface area contributed by atoms with Crippen molar-refractivity contribution in [2.24, 2.45) is 5.92 Å². The van der Waals surface area contributed by atoms with Gasteiger partial charge in [0.05, 0.1) is 16.2 Å². The zero-order chi connectivity index (χ0) is 18.0. The van der Waals surface area contributed by atoms with E-state index >= 15 is 0 Å². The van der Waals surface area contributed by atoms with Gasteiger partial charge < -0.3 is 5.32 Å². The summed E-state index contributed by atoms with van der Waals surface area (Å²) in [4.78, 5) is 12.3. The second kappa shape index (κ2) is 6.96. The minimum Gasteiger partial charge on any atom is -0.349 e. The molecule has 1 amide bonds. The van der Waals surface area contributed by atoms with Crippen molar-refractivity contribution >= 4 is 15.7 Å². The van der Waals surface area contributed by atoms with Gasteiger partial charge in [0.25, 0.3) is 5.91 Å². The van der Waals surface area contributed by atoms with Gasteiger partial charge in [0.2, 0.25) is 0 Å². The van der Waals surface area contributed by atoms with Gasteiger partial charge in [-0.05, 0) is 42.5 Å². The van der Waals surface area contributed by atoms with Crippen LogP contribution in [0.1, 0.15) is 29.3 Å². The first-order chi connectivity index (χ1) is 11.9. The quantitative estimate of drug-likeness (QED) is 0.805. The van der Waals surface area contributed by atoms with E-state index in [4.69, 9.17) is 0 Å². The Bertz CT molecular complexity index is 881. The number of amides is 1. The largest absolute Gasteiger partial charge is 0.349 e. The van der Waals surface area contributed by atoms with Gasteiger partial charge in [0, 0.05) is 6.04 Å². The topological polar surface area (TPSA) is 63.2 Å². The van der Waals surface area contributed by atoms with Gasteiger partial charge >= 0.3 is 0 Å². The Morgan fingerprint density at radius 1 is 1.20 bits per heavy atom. The highest BCUT2D eigenvalue weighted by Gasteiger charge is 2.38. The van der Waals surface area contributed by atoms with Crippen molar-refractivity contribution in [2.45, 2.75) is 30.7 Å². The van der Waals surface area contributed by atoms with Gasteiger partial charge in [-0.2, -0.15) is 0 Å². The number of rotatable bonds is 6. The van der Waals surface area contributed by atoms with Gasteiger partial charge in [-0.15, -0.1) is 0 Å². The molecule has 0 radical (unpaired) electrons. The Morgan fingerprint density at radius 3 is 2.60 bits per heavy atom. The predicted octanol–water partition coefficient (Wildman–Crippen LogP) is 2.98. The number of benzene rings is 2. The van der Waals surface area contributed by atoms with Crippen molar-refractivity contribution in [3.05, 3.63) is 65.5 Å². The van der Waals surface area contributed by atoms with Crippen molar-refractivity contribution in [3.8, 4) is 0 Å². The van der Waals surface area contributed by atoms with Crippen molar-refractivity contribution in [1.29, 1.82) is 0 Å². The van der Waals surface area contributed by atoms with Crippen LogP contribution < -0.4 is 5.32 Å². The Balaban J connectivity index is 1.67. The van der Waals surface area contributed by atoms with Crippen LogP contribution in [0.15, 0.2) is 53.4 Å². The van der Waals surface area contributed by atoms with E-state index in [1.165, 1.54) is 18.6 Å². The van der Waals surface area contributed by atoms with E-state index in [1.807, 2.05) is 30.3 Å². The van der Waals surface area contributed by atoms with E-state index in [1.54, 1.807) is 0 Å². The summed E-state index contributed by atoms with van der Waals surface area (Å²) >= 11 is 0. The molecule has 6 heteroatoms. The lowest BCUT2D eigenvalue weighted by Crippen LogP contribution is -2.28. The van der Waals surface area contributed by atoms with E-state index in [0.717, 1.165) is 25.0 Å². The molecule has 0 heterocycles. The van der Waals surface area contributed by atoms with Crippen LogP contribution in [0.25, 0.3) is 0 Å². The number of hydrogen-bond acceptors (Lipinski definition) is 3. The molecule has 0 bridgehead atoms. The summed E-state index contributed by atoms with van der Waals surface area (Å²) in [6.45, 7) is 1.51. The number of hydrogen-bond donors (Lipinski definition) is 1. The molecule has 0 aliphatic heterocycles. The molecular weight excluding hydrogens is 341 g/mol. The van der Waals surface area contributed by atoms with Crippen LogP contribution in [0.5, 0.6) is 0 Å². The molecule has 2 unspecified atom stereocenters. The first-order valence-electron chi connectivity index (χ1n) is 8.28. The molecule has 4 nitrogen and oxygen atoms in total. The first kappa shape index (κ1) is 17.6. The number of halogens is 1. The van der Waals surface area contributed by atoms with Crippen LogP contribution in [-0.2, 0) is 16.3 Å². The summed E-state index contributed by atoms with van der Waals surface area (Å²) in [5, 5.41) is 2.80. The molecule has 1 aliphatic rings. The lowest BCUT2D eigenvalue weighted by molar-refractivity contribution is 0.0944. The number of carbonyl (C=O) groups excluding carboxylic acids is 1. The highest BCUT2D eigenvalue weighted by atomic mass is 32.2. The van der Waals surface area contributed by atoms with Crippen LogP contribution >= 0.6 is 0 Å². The van der Waals surface area contributed by atoms with Crippen LogP contribution in [0.4, 0.5) is 4.39 Å². The first-order valence-corrected chi connectivity index (χ1v) is 9.93. The van der Waals surface area contributed by atoms with Gasteiger partial charge in [0.1, 0.15) is 5.82 Å². The number of carbonyl (C=O) groups is 1. The molecule has 3 rings (SSSR count). The van der Waals surface area contributed by atoms with Crippen LogP contribution in [-0.4, -0.2) is 26.1 Å².